The first-order valence-electron chi connectivity index (χ1n) is 7.77. The van der Waals surface area contributed by atoms with E-state index < -0.39 is 13.8 Å². The maximum Gasteiger partial charge on any atom is 0.466 e. The van der Waals surface area contributed by atoms with Crippen LogP contribution in [-0.2, 0) is 28.8 Å². The number of phosphoric acid groups is 1. The predicted octanol–water partition coefficient (Wildman–Crippen LogP) is 3.84. The van der Waals surface area contributed by atoms with E-state index in [0.29, 0.717) is 6.42 Å². The third-order valence-electron chi connectivity index (χ3n) is 2.99. The first-order valence-corrected chi connectivity index (χ1v) is 9.34. The Morgan fingerprint density at radius 2 is 1.05 bits per heavy atom. The van der Waals surface area contributed by atoms with Crippen LogP contribution in [0.4, 0.5) is 0 Å². The van der Waals surface area contributed by atoms with Gasteiger partial charge in [-0.2, -0.15) is 0 Å². The van der Waals surface area contributed by atoms with Crippen LogP contribution in [-0.4, -0.2) is 25.8 Å². The zero-order valence-corrected chi connectivity index (χ0v) is 17.6. The molecule has 0 radical (unpaired) electrons. The van der Waals surface area contributed by atoms with Crippen molar-refractivity contribution in [3.63, 3.8) is 0 Å². The van der Waals surface area contributed by atoms with Gasteiger partial charge in [0.1, 0.15) is 0 Å². The molecule has 130 valence electrons. The van der Waals surface area contributed by atoms with Crippen molar-refractivity contribution in [3.05, 3.63) is 0 Å². The number of rotatable bonds is 12. The minimum atomic E-state index is -4.64. The van der Waals surface area contributed by atoms with E-state index in [0.717, 1.165) is 12.8 Å². The molecule has 0 rings (SSSR count). The molecule has 0 spiro atoms. The quantitative estimate of drug-likeness (QED) is 0.228. The number of aliphatic carboxylic acids is 1. The average Bonchev–Trinajstić information content (AvgIpc) is 2.33. The number of unbranched alkanes of at least 4 members (excludes halogenated alkanes) is 10. The Labute approximate surface area is 146 Å². The third-order valence-corrected chi connectivity index (χ3v) is 2.99. The molecule has 22 heavy (non-hydrogen) atoms. The second-order valence-electron chi connectivity index (χ2n) is 5.19. The van der Waals surface area contributed by atoms with E-state index in [1.165, 1.54) is 57.8 Å². The molecule has 0 bridgehead atoms. The van der Waals surface area contributed by atoms with E-state index in [4.69, 9.17) is 24.4 Å². The van der Waals surface area contributed by atoms with Crippen molar-refractivity contribution in [2.75, 3.05) is 0 Å². The molecule has 0 aliphatic heterocycles. The van der Waals surface area contributed by atoms with Gasteiger partial charge in [-0.05, 0) is 6.42 Å². The molecule has 0 aliphatic rings. The summed E-state index contributed by atoms with van der Waals surface area (Å²) in [7, 11) is -4.64. The summed E-state index contributed by atoms with van der Waals surface area (Å²) in [6.45, 7) is 2.25. The molecule has 0 fully saturated rings. The molecule has 0 aromatic rings. The zero-order valence-electron chi connectivity index (χ0n) is 13.7. The second-order valence-corrected chi connectivity index (χ2v) is 6.22. The van der Waals surface area contributed by atoms with Crippen LogP contribution in [0.25, 0.3) is 0 Å². The zero-order chi connectivity index (χ0) is 16.6. The average molecular weight is 392 g/mol. The van der Waals surface area contributed by atoms with Crippen molar-refractivity contribution in [1.29, 1.82) is 0 Å². The van der Waals surface area contributed by atoms with Crippen molar-refractivity contribution >= 4 is 13.8 Å². The number of carboxylic acid groups (broad SMARTS) is 1. The Balaban J connectivity index is -0.000000520. The van der Waals surface area contributed by atoms with Crippen LogP contribution >= 0.6 is 7.82 Å². The number of hydrogen-bond donors (Lipinski definition) is 4. The Morgan fingerprint density at radius 1 is 0.773 bits per heavy atom. The minimum Gasteiger partial charge on any atom is -0.481 e. The molecular formula is C14H31O6PZn. The molecule has 0 heterocycles. The fraction of sp³-hybridized carbons (Fsp3) is 0.929. The van der Waals surface area contributed by atoms with Gasteiger partial charge in [0, 0.05) is 25.9 Å². The molecule has 0 unspecified atom stereocenters. The smallest absolute Gasteiger partial charge is 0.466 e. The van der Waals surface area contributed by atoms with Crippen molar-refractivity contribution in [2.24, 2.45) is 0 Å². The van der Waals surface area contributed by atoms with Crippen LogP contribution < -0.4 is 0 Å². The second kappa shape index (κ2) is 19.3. The molecule has 0 saturated carbocycles. The molecular weight excluding hydrogens is 361 g/mol. The monoisotopic (exact) mass is 390 g/mol. The van der Waals surface area contributed by atoms with Crippen molar-refractivity contribution < 1.29 is 48.6 Å². The van der Waals surface area contributed by atoms with Crippen molar-refractivity contribution in [3.8, 4) is 0 Å². The predicted molar refractivity (Wildman–Crippen MR) is 83.0 cm³/mol. The largest absolute Gasteiger partial charge is 0.481 e. The van der Waals surface area contributed by atoms with Gasteiger partial charge in [-0.15, -0.1) is 0 Å². The fourth-order valence-corrected chi connectivity index (χ4v) is 1.94. The number of carboxylic acids is 1. The molecule has 0 aromatic heterocycles. The number of hydrogen-bond acceptors (Lipinski definition) is 2. The summed E-state index contributed by atoms with van der Waals surface area (Å²) in [6, 6.07) is 0. The molecule has 6 nitrogen and oxygen atoms in total. The van der Waals surface area contributed by atoms with Gasteiger partial charge in [-0.3, -0.25) is 4.79 Å². The summed E-state index contributed by atoms with van der Waals surface area (Å²) < 4.78 is 8.88. The van der Waals surface area contributed by atoms with Gasteiger partial charge < -0.3 is 19.8 Å². The van der Waals surface area contributed by atoms with Crippen molar-refractivity contribution in [2.45, 2.75) is 84.0 Å². The molecule has 8 heteroatoms. The van der Waals surface area contributed by atoms with Crippen LogP contribution in [0.3, 0.4) is 0 Å². The summed E-state index contributed by atoms with van der Waals surface area (Å²) in [5.41, 5.74) is 0. The number of carbonyl (C=O) groups is 1. The maximum atomic E-state index is 10.3. The summed E-state index contributed by atoms with van der Waals surface area (Å²) in [4.78, 5) is 31.8. The van der Waals surface area contributed by atoms with Crippen molar-refractivity contribution in [1.82, 2.24) is 0 Å². The van der Waals surface area contributed by atoms with Gasteiger partial charge >= 0.3 is 13.8 Å². The van der Waals surface area contributed by atoms with E-state index in [1.54, 1.807) is 0 Å². The van der Waals surface area contributed by atoms with E-state index in [-0.39, 0.29) is 19.5 Å². The Hall–Kier alpha value is 0.203. The summed E-state index contributed by atoms with van der Waals surface area (Å²) in [5, 5.41) is 8.46. The fourth-order valence-electron chi connectivity index (χ4n) is 1.94. The maximum absolute atomic E-state index is 10.3. The summed E-state index contributed by atoms with van der Waals surface area (Å²) >= 11 is 0. The normalized spacial score (nSPS) is 10.4. The van der Waals surface area contributed by atoms with Crippen LogP contribution in [0.15, 0.2) is 0 Å². The van der Waals surface area contributed by atoms with Gasteiger partial charge in [0.25, 0.3) is 0 Å². The van der Waals surface area contributed by atoms with Gasteiger partial charge in [0.15, 0.2) is 0 Å². The van der Waals surface area contributed by atoms with E-state index in [1.807, 2.05) is 0 Å². The minimum absolute atomic E-state index is 0. The van der Waals surface area contributed by atoms with Crippen LogP contribution in [0, 0.1) is 0 Å². The molecule has 0 aromatic carbocycles. The summed E-state index contributed by atoms with van der Waals surface area (Å²) in [5.74, 6) is -0.657. The van der Waals surface area contributed by atoms with Crippen LogP contribution in [0.1, 0.15) is 84.0 Å². The van der Waals surface area contributed by atoms with Gasteiger partial charge in [-0.1, -0.05) is 71.1 Å². The van der Waals surface area contributed by atoms with Crippen LogP contribution in [0.5, 0.6) is 0 Å². The van der Waals surface area contributed by atoms with Gasteiger partial charge in [-0.25, -0.2) is 4.57 Å². The molecule has 0 saturated heterocycles. The first-order chi connectivity index (χ1) is 9.77. The molecule has 0 aliphatic carbocycles. The Kier molecular flexibility index (Phi) is 23.7. The van der Waals surface area contributed by atoms with E-state index in [2.05, 4.69) is 6.92 Å². The van der Waals surface area contributed by atoms with Gasteiger partial charge in [0.2, 0.25) is 0 Å². The summed E-state index contributed by atoms with van der Waals surface area (Å²) in [6.07, 6.45) is 14.4. The SMILES string of the molecule is CCCCCCCCCCCCCC(=O)O.O=P(O)(O)O.[Zn]. The topological polar surface area (TPSA) is 115 Å². The van der Waals surface area contributed by atoms with E-state index >= 15 is 0 Å². The van der Waals surface area contributed by atoms with Crippen LogP contribution in [0.2, 0.25) is 0 Å². The molecule has 0 amide bonds. The Morgan fingerprint density at radius 3 is 1.32 bits per heavy atom. The molecule has 0 atom stereocenters. The van der Waals surface area contributed by atoms with Gasteiger partial charge in [0.05, 0.1) is 0 Å². The third kappa shape index (κ3) is 42.7. The standard InChI is InChI=1S/C14H28O2.H3O4P.Zn/c1-2-3-4-5-6-7-8-9-10-11-12-13-14(15)16;1-5(2,3)4;/h2-13H2,1H3,(H,15,16);(H3,1,2,3,4);. The Bertz CT molecular complexity index is 274. The van der Waals surface area contributed by atoms with E-state index in [9.17, 15) is 4.79 Å². The first kappa shape index (κ1) is 27.1. The molecule has 4 N–H and O–H groups in total.